The average Bonchev–Trinajstić information content (AvgIpc) is 3.01. The van der Waals surface area contributed by atoms with Crippen LogP contribution in [0.4, 0.5) is 11.4 Å². The molecule has 0 amide bonds. The van der Waals surface area contributed by atoms with Crippen molar-refractivity contribution in [1.82, 2.24) is 4.31 Å². The quantitative estimate of drug-likeness (QED) is 0.868. The van der Waals surface area contributed by atoms with Crippen molar-refractivity contribution in [2.45, 2.75) is 50.0 Å². The Morgan fingerprint density at radius 1 is 1.09 bits per heavy atom. The first-order valence-electron chi connectivity index (χ1n) is 8.16. The molecular formula is C16H25N3O2S. The van der Waals surface area contributed by atoms with Gasteiger partial charge in [-0.15, -0.1) is 0 Å². The molecule has 0 spiro atoms. The highest BCUT2D eigenvalue weighted by Crippen LogP contribution is 2.34. The van der Waals surface area contributed by atoms with E-state index in [2.05, 4.69) is 4.90 Å². The molecule has 6 heteroatoms. The third-order valence-electron chi connectivity index (χ3n) is 4.76. The molecule has 2 N–H and O–H groups in total. The molecule has 1 aromatic carbocycles. The third kappa shape index (κ3) is 2.82. The molecule has 3 rings (SSSR count). The lowest BCUT2D eigenvalue weighted by Gasteiger charge is -2.33. The van der Waals surface area contributed by atoms with Crippen LogP contribution in [-0.4, -0.2) is 38.4 Å². The second-order valence-electron chi connectivity index (χ2n) is 6.38. The van der Waals surface area contributed by atoms with E-state index in [0.29, 0.717) is 17.1 Å². The van der Waals surface area contributed by atoms with Crippen molar-refractivity contribution in [3.63, 3.8) is 0 Å². The SMILES string of the molecule is CC1CCCCN1S(=O)(=O)c1cc(N)ccc1N1CCCC1. The van der Waals surface area contributed by atoms with Gasteiger partial charge >= 0.3 is 0 Å². The first kappa shape index (κ1) is 15.6. The van der Waals surface area contributed by atoms with E-state index in [9.17, 15) is 8.42 Å². The molecule has 0 saturated carbocycles. The molecule has 0 aliphatic carbocycles. The number of nitrogens with zero attached hydrogens (tertiary/aromatic N) is 2. The van der Waals surface area contributed by atoms with Crippen molar-refractivity contribution in [3.8, 4) is 0 Å². The summed E-state index contributed by atoms with van der Waals surface area (Å²) in [6, 6.07) is 5.35. The second kappa shape index (κ2) is 6.08. The Morgan fingerprint density at radius 3 is 2.45 bits per heavy atom. The van der Waals surface area contributed by atoms with Gasteiger partial charge in [0.15, 0.2) is 0 Å². The maximum Gasteiger partial charge on any atom is 0.245 e. The van der Waals surface area contributed by atoms with Gasteiger partial charge in [0.05, 0.1) is 5.69 Å². The fourth-order valence-electron chi connectivity index (χ4n) is 3.51. The number of rotatable bonds is 3. The first-order valence-corrected chi connectivity index (χ1v) is 9.60. The summed E-state index contributed by atoms with van der Waals surface area (Å²) in [6.07, 6.45) is 5.20. The molecule has 1 aromatic rings. The normalized spacial score (nSPS) is 23.9. The molecule has 0 bridgehead atoms. The zero-order chi connectivity index (χ0) is 15.7. The minimum Gasteiger partial charge on any atom is -0.399 e. The van der Waals surface area contributed by atoms with Crippen LogP contribution in [0.25, 0.3) is 0 Å². The van der Waals surface area contributed by atoms with Crippen LogP contribution in [0.2, 0.25) is 0 Å². The fraction of sp³-hybridized carbons (Fsp3) is 0.625. The number of anilines is 2. The molecule has 2 heterocycles. The Kier molecular flexibility index (Phi) is 4.32. The van der Waals surface area contributed by atoms with Gasteiger partial charge in [-0.2, -0.15) is 4.31 Å². The highest BCUT2D eigenvalue weighted by atomic mass is 32.2. The van der Waals surface area contributed by atoms with Gasteiger partial charge < -0.3 is 10.6 Å². The van der Waals surface area contributed by atoms with Gasteiger partial charge in [-0.25, -0.2) is 8.42 Å². The summed E-state index contributed by atoms with van der Waals surface area (Å²) in [5.41, 5.74) is 7.20. The van der Waals surface area contributed by atoms with E-state index in [1.807, 2.05) is 13.0 Å². The lowest BCUT2D eigenvalue weighted by Crippen LogP contribution is -2.42. The largest absolute Gasteiger partial charge is 0.399 e. The maximum absolute atomic E-state index is 13.2. The van der Waals surface area contributed by atoms with Crippen LogP contribution in [0.1, 0.15) is 39.0 Å². The summed E-state index contributed by atoms with van der Waals surface area (Å²) in [4.78, 5) is 2.55. The first-order chi connectivity index (χ1) is 10.5. The molecule has 5 nitrogen and oxygen atoms in total. The Balaban J connectivity index is 2.03. The molecule has 122 valence electrons. The van der Waals surface area contributed by atoms with Gasteiger partial charge in [-0.1, -0.05) is 6.42 Å². The van der Waals surface area contributed by atoms with Crippen LogP contribution in [-0.2, 0) is 10.0 Å². The van der Waals surface area contributed by atoms with Crippen LogP contribution in [0.15, 0.2) is 23.1 Å². The number of hydrogen-bond donors (Lipinski definition) is 1. The number of nitrogen functional groups attached to an aromatic ring is 1. The van der Waals surface area contributed by atoms with Crippen molar-refractivity contribution >= 4 is 21.4 Å². The second-order valence-corrected chi connectivity index (χ2v) is 8.24. The van der Waals surface area contributed by atoms with Crippen LogP contribution < -0.4 is 10.6 Å². The summed E-state index contributed by atoms with van der Waals surface area (Å²) in [5.74, 6) is 0. The van der Waals surface area contributed by atoms with Crippen molar-refractivity contribution in [1.29, 1.82) is 0 Å². The van der Waals surface area contributed by atoms with E-state index in [-0.39, 0.29) is 6.04 Å². The highest BCUT2D eigenvalue weighted by Gasteiger charge is 2.34. The Hall–Kier alpha value is -1.27. The lowest BCUT2D eigenvalue weighted by molar-refractivity contribution is 0.269. The minimum absolute atomic E-state index is 0.0617. The zero-order valence-electron chi connectivity index (χ0n) is 13.2. The zero-order valence-corrected chi connectivity index (χ0v) is 14.0. The molecule has 2 aliphatic heterocycles. The number of sulfonamides is 1. The lowest BCUT2D eigenvalue weighted by atomic mass is 10.1. The summed E-state index contributed by atoms with van der Waals surface area (Å²) in [5, 5.41) is 0. The molecule has 1 unspecified atom stereocenters. The van der Waals surface area contributed by atoms with Crippen molar-refractivity contribution in [3.05, 3.63) is 18.2 Å². The molecule has 22 heavy (non-hydrogen) atoms. The monoisotopic (exact) mass is 323 g/mol. The Bertz CT molecular complexity index is 639. The Labute approximate surface area is 133 Å². The van der Waals surface area contributed by atoms with Crippen molar-refractivity contribution < 1.29 is 8.42 Å². The summed E-state index contributed by atoms with van der Waals surface area (Å²) >= 11 is 0. The van der Waals surface area contributed by atoms with E-state index in [0.717, 1.165) is 50.9 Å². The standard InChI is InChI=1S/C16H25N3O2S/c1-13-6-2-3-11-19(13)22(20,21)16-12-14(17)7-8-15(16)18-9-4-5-10-18/h7-8,12-13H,2-6,9-11,17H2,1H3. The number of hydrogen-bond acceptors (Lipinski definition) is 4. The molecule has 0 radical (unpaired) electrons. The van der Waals surface area contributed by atoms with Gasteiger partial charge in [-0.3, -0.25) is 0 Å². The van der Waals surface area contributed by atoms with E-state index < -0.39 is 10.0 Å². The fourth-order valence-corrected chi connectivity index (χ4v) is 5.46. The maximum atomic E-state index is 13.2. The highest BCUT2D eigenvalue weighted by molar-refractivity contribution is 7.89. The van der Waals surface area contributed by atoms with E-state index >= 15 is 0 Å². The third-order valence-corrected chi connectivity index (χ3v) is 6.80. The molecule has 2 aliphatic rings. The number of benzene rings is 1. The number of piperidine rings is 1. The van der Waals surface area contributed by atoms with Crippen LogP contribution in [0.3, 0.4) is 0 Å². The van der Waals surface area contributed by atoms with E-state index in [1.54, 1.807) is 16.4 Å². The van der Waals surface area contributed by atoms with Gasteiger partial charge in [0.1, 0.15) is 4.90 Å². The summed E-state index contributed by atoms with van der Waals surface area (Å²) < 4.78 is 28.0. The Morgan fingerprint density at radius 2 is 1.77 bits per heavy atom. The summed E-state index contributed by atoms with van der Waals surface area (Å²) in [7, 11) is -3.49. The molecule has 2 fully saturated rings. The van der Waals surface area contributed by atoms with Crippen LogP contribution in [0, 0.1) is 0 Å². The molecule has 0 aromatic heterocycles. The van der Waals surface area contributed by atoms with E-state index in [1.165, 1.54) is 0 Å². The molecule has 2 saturated heterocycles. The van der Waals surface area contributed by atoms with Gasteiger partial charge in [0, 0.05) is 31.4 Å². The predicted octanol–water partition coefficient (Wildman–Crippen LogP) is 2.43. The topological polar surface area (TPSA) is 66.6 Å². The van der Waals surface area contributed by atoms with Crippen LogP contribution in [0.5, 0.6) is 0 Å². The van der Waals surface area contributed by atoms with E-state index in [4.69, 9.17) is 5.73 Å². The molecular weight excluding hydrogens is 298 g/mol. The van der Waals surface area contributed by atoms with Crippen molar-refractivity contribution in [2.24, 2.45) is 0 Å². The number of nitrogens with two attached hydrogens (primary N) is 1. The smallest absolute Gasteiger partial charge is 0.245 e. The predicted molar refractivity (Wildman–Crippen MR) is 89.5 cm³/mol. The summed E-state index contributed by atoms with van der Waals surface area (Å²) in [6.45, 7) is 4.44. The van der Waals surface area contributed by atoms with Gasteiger partial charge in [0.2, 0.25) is 10.0 Å². The van der Waals surface area contributed by atoms with Gasteiger partial charge in [0.25, 0.3) is 0 Å². The van der Waals surface area contributed by atoms with Crippen molar-refractivity contribution in [2.75, 3.05) is 30.3 Å². The van der Waals surface area contributed by atoms with Crippen LogP contribution >= 0.6 is 0 Å². The van der Waals surface area contributed by atoms with Gasteiger partial charge in [-0.05, 0) is 50.8 Å². The average molecular weight is 323 g/mol. The molecule has 1 atom stereocenters. The minimum atomic E-state index is -3.49.